The van der Waals surface area contributed by atoms with Crippen LogP contribution in [0.25, 0.3) is 0 Å². The molecule has 0 aromatic heterocycles. The maximum Gasteiger partial charge on any atom is 0.241 e. The third-order valence-electron chi connectivity index (χ3n) is 6.97. The molecule has 0 radical (unpaired) electrons. The molecule has 5 rings (SSSR count). The zero-order chi connectivity index (χ0) is 18.4. The van der Waals surface area contributed by atoms with E-state index in [-0.39, 0.29) is 11.3 Å². The van der Waals surface area contributed by atoms with Crippen molar-refractivity contribution in [2.45, 2.75) is 51.0 Å². The van der Waals surface area contributed by atoms with Crippen molar-refractivity contribution in [1.29, 1.82) is 0 Å². The molecular weight excluding hydrogens is 338 g/mol. The van der Waals surface area contributed by atoms with E-state index in [9.17, 15) is 9.59 Å². The first-order chi connectivity index (χ1) is 13.1. The zero-order valence-electron chi connectivity index (χ0n) is 16.0. The lowest BCUT2D eigenvalue weighted by Crippen LogP contribution is -2.55. The highest BCUT2D eigenvalue weighted by Crippen LogP contribution is 2.42. The van der Waals surface area contributed by atoms with Gasteiger partial charge in [0.15, 0.2) is 0 Å². The zero-order valence-corrected chi connectivity index (χ0v) is 16.0. The maximum atomic E-state index is 13.0. The molecule has 0 unspecified atom stereocenters. The molecule has 1 aliphatic carbocycles. The van der Waals surface area contributed by atoms with Gasteiger partial charge in [0.05, 0.1) is 6.54 Å². The molecular formula is C22H29N3O2. The number of nitrogens with zero attached hydrogens (tertiary/aromatic N) is 3. The second-order valence-corrected chi connectivity index (χ2v) is 8.99. The smallest absolute Gasteiger partial charge is 0.241 e. The second kappa shape index (κ2) is 6.62. The Bertz CT molecular complexity index is 760. The van der Waals surface area contributed by atoms with E-state index in [1.165, 1.54) is 24.8 Å². The predicted molar refractivity (Wildman–Crippen MR) is 105 cm³/mol. The van der Waals surface area contributed by atoms with Crippen molar-refractivity contribution in [2.75, 3.05) is 37.6 Å². The van der Waals surface area contributed by atoms with E-state index in [0.717, 1.165) is 51.1 Å². The molecule has 5 nitrogen and oxygen atoms in total. The first-order valence-electron chi connectivity index (χ1n) is 10.5. The number of hydrogen-bond acceptors (Lipinski definition) is 3. The lowest BCUT2D eigenvalue weighted by molar-refractivity contribution is -0.140. The van der Waals surface area contributed by atoms with E-state index >= 15 is 0 Å². The standard InChI is InChI=1S/C22H29N3O2/c26-20-8-11-22(16-25(20)18-6-7-18)10-3-12-23(15-22)14-21(27)24-13-9-17-4-1-2-5-19(17)24/h1-2,4-5,18H,3,6-16H2/t22-/m1/s1. The summed E-state index contributed by atoms with van der Waals surface area (Å²) in [5.74, 6) is 0.577. The third-order valence-corrected chi connectivity index (χ3v) is 6.97. The van der Waals surface area contributed by atoms with Crippen LogP contribution in [-0.4, -0.2) is 60.4 Å². The monoisotopic (exact) mass is 367 g/mol. The lowest BCUT2D eigenvalue weighted by atomic mass is 9.73. The fourth-order valence-corrected chi connectivity index (χ4v) is 5.42. The highest BCUT2D eigenvalue weighted by molar-refractivity contribution is 5.96. The van der Waals surface area contributed by atoms with Crippen molar-refractivity contribution in [3.05, 3.63) is 29.8 Å². The molecule has 5 heteroatoms. The van der Waals surface area contributed by atoms with Crippen molar-refractivity contribution in [3.63, 3.8) is 0 Å². The van der Waals surface area contributed by atoms with Gasteiger partial charge in [-0.2, -0.15) is 0 Å². The van der Waals surface area contributed by atoms with E-state index in [1.54, 1.807) is 0 Å². The largest absolute Gasteiger partial charge is 0.339 e. The molecule has 3 fully saturated rings. The Kier molecular flexibility index (Phi) is 4.23. The molecule has 4 aliphatic rings. The SMILES string of the molecule is O=C(CN1CCC[C@@]2(CCC(=O)N(C3CC3)C2)C1)N1CCc2ccccc21. The van der Waals surface area contributed by atoms with Crippen LogP contribution in [0, 0.1) is 5.41 Å². The van der Waals surface area contributed by atoms with Gasteiger partial charge >= 0.3 is 0 Å². The van der Waals surface area contributed by atoms with Gasteiger partial charge in [-0.3, -0.25) is 14.5 Å². The molecule has 0 bridgehead atoms. The molecule has 3 aliphatic heterocycles. The first kappa shape index (κ1) is 17.2. The Morgan fingerprint density at radius 3 is 2.78 bits per heavy atom. The summed E-state index contributed by atoms with van der Waals surface area (Å²) in [4.78, 5) is 31.8. The van der Waals surface area contributed by atoms with Gasteiger partial charge in [0.1, 0.15) is 0 Å². The van der Waals surface area contributed by atoms with Gasteiger partial charge < -0.3 is 9.80 Å². The fraction of sp³-hybridized carbons (Fsp3) is 0.636. The average molecular weight is 367 g/mol. The molecule has 2 amide bonds. The van der Waals surface area contributed by atoms with Gasteiger partial charge in [0.25, 0.3) is 0 Å². The number of carbonyl (C=O) groups is 2. The van der Waals surface area contributed by atoms with E-state index in [2.05, 4.69) is 28.0 Å². The van der Waals surface area contributed by atoms with Crippen molar-refractivity contribution >= 4 is 17.5 Å². The maximum absolute atomic E-state index is 13.0. The van der Waals surface area contributed by atoms with E-state index in [1.807, 2.05) is 11.0 Å². The summed E-state index contributed by atoms with van der Waals surface area (Å²) in [6.07, 6.45) is 7.34. The number of para-hydroxylation sites is 1. The van der Waals surface area contributed by atoms with E-state index in [0.29, 0.717) is 24.9 Å². The number of piperidine rings is 2. The van der Waals surface area contributed by atoms with Gasteiger partial charge in [0.2, 0.25) is 11.8 Å². The summed E-state index contributed by atoms with van der Waals surface area (Å²) in [7, 11) is 0. The Balaban J connectivity index is 1.25. The van der Waals surface area contributed by atoms with Crippen LogP contribution in [0.15, 0.2) is 24.3 Å². The molecule has 1 aromatic rings. The molecule has 1 spiro atoms. The Morgan fingerprint density at radius 2 is 1.93 bits per heavy atom. The quantitative estimate of drug-likeness (QED) is 0.824. The highest BCUT2D eigenvalue weighted by atomic mass is 16.2. The van der Waals surface area contributed by atoms with Crippen LogP contribution >= 0.6 is 0 Å². The van der Waals surface area contributed by atoms with Crippen molar-refractivity contribution < 1.29 is 9.59 Å². The molecule has 0 N–H and O–H groups in total. The van der Waals surface area contributed by atoms with Crippen LogP contribution in [0.2, 0.25) is 0 Å². The Morgan fingerprint density at radius 1 is 1.07 bits per heavy atom. The second-order valence-electron chi connectivity index (χ2n) is 8.99. The number of amides is 2. The molecule has 144 valence electrons. The van der Waals surface area contributed by atoms with Crippen LogP contribution in [0.5, 0.6) is 0 Å². The van der Waals surface area contributed by atoms with Gasteiger partial charge in [-0.05, 0) is 56.7 Å². The van der Waals surface area contributed by atoms with Gasteiger partial charge in [-0.1, -0.05) is 18.2 Å². The van der Waals surface area contributed by atoms with Crippen molar-refractivity contribution in [3.8, 4) is 0 Å². The number of benzene rings is 1. The summed E-state index contributed by atoms with van der Waals surface area (Å²) in [6, 6.07) is 8.78. The Labute approximate surface area is 161 Å². The third kappa shape index (κ3) is 3.27. The topological polar surface area (TPSA) is 43.9 Å². The number of hydrogen-bond donors (Lipinski definition) is 0. The van der Waals surface area contributed by atoms with Crippen molar-refractivity contribution in [1.82, 2.24) is 9.80 Å². The normalized spacial score (nSPS) is 28.7. The summed E-state index contributed by atoms with van der Waals surface area (Å²) in [6.45, 7) is 4.19. The summed E-state index contributed by atoms with van der Waals surface area (Å²) >= 11 is 0. The van der Waals surface area contributed by atoms with Gasteiger partial charge in [0, 0.05) is 43.2 Å². The minimum atomic E-state index is 0.206. The minimum Gasteiger partial charge on any atom is -0.339 e. The van der Waals surface area contributed by atoms with Crippen LogP contribution < -0.4 is 4.90 Å². The number of anilines is 1. The van der Waals surface area contributed by atoms with Crippen molar-refractivity contribution in [2.24, 2.45) is 5.41 Å². The minimum absolute atomic E-state index is 0.206. The van der Waals surface area contributed by atoms with E-state index < -0.39 is 0 Å². The molecule has 2 saturated heterocycles. The molecule has 1 saturated carbocycles. The number of carbonyl (C=O) groups excluding carboxylic acids is 2. The number of rotatable bonds is 3. The van der Waals surface area contributed by atoms with Crippen LogP contribution in [-0.2, 0) is 16.0 Å². The average Bonchev–Trinajstić information content (AvgIpc) is 3.42. The van der Waals surface area contributed by atoms with Crippen LogP contribution in [0.4, 0.5) is 5.69 Å². The molecule has 27 heavy (non-hydrogen) atoms. The van der Waals surface area contributed by atoms with Gasteiger partial charge in [-0.25, -0.2) is 0 Å². The molecule has 1 aromatic carbocycles. The summed E-state index contributed by atoms with van der Waals surface area (Å²) in [5.41, 5.74) is 2.59. The lowest BCUT2D eigenvalue weighted by Gasteiger charge is -2.48. The molecule has 3 heterocycles. The van der Waals surface area contributed by atoms with Gasteiger partial charge in [-0.15, -0.1) is 0 Å². The molecule has 1 atom stereocenters. The number of likely N-dealkylation sites (tertiary alicyclic amines) is 2. The highest BCUT2D eigenvalue weighted by Gasteiger charge is 2.45. The predicted octanol–water partition coefficient (Wildman–Crippen LogP) is 2.44. The van der Waals surface area contributed by atoms with Crippen LogP contribution in [0.1, 0.15) is 44.1 Å². The van der Waals surface area contributed by atoms with E-state index in [4.69, 9.17) is 0 Å². The first-order valence-corrected chi connectivity index (χ1v) is 10.5. The fourth-order valence-electron chi connectivity index (χ4n) is 5.42. The summed E-state index contributed by atoms with van der Waals surface area (Å²) in [5, 5.41) is 0. The van der Waals surface area contributed by atoms with Crippen LogP contribution in [0.3, 0.4) is 0 Å². The summed E-state index contributed by atoms with van der Waals surface area (Å²) < 4.78 is 0. The number of fused-ring (bicyclic) bond motifs is 1. The Hall–Kier alpha value is -1.88.